The summed E-state index contributed by atoms with van der Waals surface area (Å²) in [6.07, 6.45) is 4.53. The molecule has 0 radical (unpaired) electrons. The van der Waals surface area contributed by atoms with Gasteiger partial charge in [-0.15, -0.1) is 24.8 Å². The molecule has 132 valence electrons. The molecule has 1 saturated heterocycles. The second kappa shape index (κ2) is 7.30. The smallest absolute Gasteiger partial charge is 0.232 e. The van der Waals surface area contributed by atoms with Gasteiger partial charge in [0.2, 0.25) is 5.91 Å². The molecule has 1 aliphatic heterocycles. The first-order chi connectivity index (χ1) is 10.7. The van der Waals surface area contributed by atoms with Crippen molar-refractivity contribution in [1.82, 2.24) is 10.3 Å². The van der Waals surface area contributed by atoms with Gasteiger partial charge < -0.3 is 15.1 Å². The van der Waals surface area contributed by atoms with E-state index in [1.165, 1.54) is 6.42 Å². The van der Waals surface area contributed by atoms with Gasteiger partial charge in [0.1, 0.15) is 5.52 Å². The number of amides is 1. The van der Waals surface area contributed by atoms with Crippen molar-refractivity contribution in [1.29, 1.82) is 0 Å². The Balaban J connectivity index is 0.00000104. The number of hydrogen-bond donors (Lipinski definition) is 2. The van der Waals surface area contributed by atoms with Crippen LogP contribution < -0.4 is 10.6 Å². The number of carbonyl (C=O) groups excluding carboxylic acids is 1. The van der Waals surface area contributed by atoms with Crippen LogP contribution in [0, 0.1) is 18.3 Å². The van der Waals surface area contributed by atoms with E-state index in [9.17, 15) is 4.79 Å². The number of halogens is 2. The fourth-order valence-corrected chi connectivity index (χ4v) is 4.07. The number of aromatic nitrogens is 1. The highest BCUT2D eigenvalue weighted by molar-refractivity contribution is 5.97. The molecule has 7 heteroatoms. The number of benzene rings is 1. The Hall–Kier alpha value is -1.30. The molecule has 2 aromatic rings. The molecular weight excluding hydrogens is 349 g/mol. The molecule has 1 amide bonds. The Bertz CT molecular complexity index is 734. The summed E-state index contributed by atoms with van der Waals surface area (Å²) in [5.41, 5.74) is 2.12. The van der Waals surface area contributed by atoms with E-state index in [0.29, 0.717) is 11.8 Å². The zero-order valence-electron chi connectivity index (χ0n) is 13.6. The predicted molar refractivity (Wildman–Crippen MR) is 99.1 cm³/mol. The van der Waals surface area contributed by atoms with Gasteiger partial charge in [-0.1, -0.05) is 12.8 Å². The lowest BCUT2D eigenvalue weighted by Gasteiger charge is -2.37. The number of oxazole rings is 1. The van der Waals surface area contributed by atoms with E-state index >= 15 is 0 Å². The summed E-state index contributed by atoms with van der Waals surface area (Å²) in [5, 5.41) is 6.53. The van der Waals surface area contributed by atoms with Crippen molar-refractivity contribution < 1.29 is 9.21 Å². The summed E-state index contributed by atoms with van der Waals surface area (Å²) < 4.78 is 5.48. The number of nitrogens with zero attached hydrogens (tertiary/aromatic N) is 1. The molecule has 1 aromatic carbocycles. The molecule has 4 rings (SSSR count). The van der Waals surface area contributed by atoms with E-state index in [0.717, 1.165) is 49.1 Å². The molecule has 5 nitrogen and oxygen atoms in total. The van der Waals surface area contributed by atoms with Gasteiger partial charge in [0, 0.05) is 19.2 Å². The maximum absolute atomic E-state index is 12.9. The highest BCUT2D eigenvalue weighted by Crippen LogP contribution is 2.44. The Morgan fingerprint density at radius 1 is 1.38 bits per heavy atom. The Labute approximate surface area is 153 Å². The van der Waals surface area contributed by atoms with E-state index in [2.05, 4.69) is 15.6 Å². The number of aryl methyl sites for hydroxylation is 1. The second-order valence-electron chi connectivity index (χ2n) is 6.60. The van der Waals surface area contributed by atoms with Crippen LogP contribution in [-0.2, 0) is 4.79 Å². The van der Waals surface area contributed by atoms with E-state index in [1.807, 2.05) is 25.1 Å². The largest absolute Gasteiger partial charge is 0.441 e. The van der Waals surface area contributed by atoms with Crippen LogP contribution in [-0.4, -0.2) is 24.0 Å². The zero-order chi connectivity index (χ0) is 15.2. The van der Waals surface area contributed by atoms with E-state index in [4.69, 9.17) is 4.42 Å². The first-order valence-electron chi connectivity index (χ1n) is 8.07. The summed E-state index contributed by atoms with van der Waals surface area (Å²) in [7, 11) is 0. The van der Waals surface area contributed by atoms with E-state index < -0.39 is 0 Å². The summed E-state index contributed by atoms with van der Waals surface area (Å²) >= 11 is 0. The van der Waals surface area contributed by atoms with Gasteiger partial charge >= 0.3 is 0 Å². The van der Waals surface area contributed by atoms with Crippen molar-refractivity contribution in [2.75, 3.05) is 18.4 Å². The van der Waals surface area contributed by atoms with Crippen molar-refractivity contribution in [2.24, 2.45) is 11.3 Å². The van der Waals surface area contributed by atoms with Crippen molar-refractivity contribution >= 4 is 47.5 Å². The Morgan fingerprint density at radius 2 is 2.21 bits per heavy atom. The normalized spacial score (nSPS) is 25.5. The fourth-order valence-electron chi connectivity index (χ4n) is 4.07. The van der Waals surface area contributed by atoms with Gasteiger partial charge in [-0.05, 0) is 43.5 Å². The van der Waals surface area contributed by atoms with Crippen molar-refractivity contribution in [2.45, 2.75) is 32.6 Å². The SMILES string of the molecule is Cc1nc2cc(NC(=O)[C@@]34CCCC[C@H]3CNC4)ccc2o1.Cl.Cl. The lowest BCUT2D eigenvalue weighted by Crippen LogP contribution is -2.44. The van der Waals surface area contributed by atoms with Gasteiger partial charge in [-0.25, -0.2) is 4.98 Å². The molecule has 1 aliphatic carbocycles. The van der Waals surface area contributed by atoms with Crippen LogP contribution in [0.3, 0.4) is 0 Å². The van der Waals surface area contributed by atoms with Crippen molar-refractivity contribution in [3.63, 3.8) is 0 Å². The van der Waals surface area contributed by atoms with Crippen LogP contribution in [0.2, 0.25) is 0 Å². The number of nitrogens with one attached hydrogen (secondary N) is 2. The van der Waals surface area contributed by atoms with Gasteiger partial charge in [0.05, 0.1) is 5.41 Å². The maximum Gasteiger partial charge on any atom is 0.232 e. The summed E-state index contributed by atoms with van der Waals surface area (Å²) in [6, 6.07) is 5.65. The first-order valence-corrected chi connectivity index (χ1v) is 8.07. The van der Waals surface area contributed by atoms with Gasteiger partial charge in [-0.3, -0.25) is 4.79 Å². The van der Waals surface area contributed by atoms with Crippen molar-refractivity contribution in [3.05, 3.63) is 24.1 Å². The molecule has 2 fully saturated rings. The minimum Gasteiger partial charge on any atom is -0.441 e. The number of hydrogen-bond acceptors (Lipinski definition) is 4. The van der Waals surface area contributed by atoms with Crippen LogP contribution in [0.15, 0.2) is 22.6 Å². The van der Waals surface area contributed by atoms with E-state index in [1.54, 1.807) is 0 Å². The topological polar surface area (TPSA) is 67.2 Å². The number of fused-ring (bicyclic) bond motifs is 2. The lowest BCUT2D eigenvalue weighted by molar-refractivity contribution is -0.128. The third kappa shape index (κ3) is 3.13. The molecule has 2 N–H and O–H groups in total. The molecule has 0 spiro atoms. The zero-order valence-corrected chi connectivity index (χ0v) is 15.3. The molecule has 24 heavy (non-hydrogen) atoms. The number of anilines is 1. The molecule has 2 heterocycles. The van der Waals surface area contributed by atoms with Crippen LogP contribution in [0.25, 0.3) is 11.1 Å². The molecular formula is C17H23Cl2N3O2. The van der Waals surface area contributed by atoms with Gasteiger partial charge in [0.15, 0.2) is 11.5 Å². The third-order valence-corrected chi connectivity index (χ3v) is 5.24. The first kappa shape index (κ1) is 19.0. The number of carbonyl (C=O) groups is 1. The standard InChI is InChI=1S/C17H21N3O2.2ClH/c1-11-19-14-8-13(5-6-15(14)22-11)20-16(21)17-7-3-2-4-12(17)9-18-10-17;;/h5-6,8,12,18H,2-4,7,9-10H2,1H3,(H,20,21);2*1H/t12-,17+;;/m0../s1. The molecule has 1 aromatic heterocycles. The van der Waals surface area contributed by atoms with Crippen molar-refractivity contribution in [3.8, 4) is 0 Å². The van der Waals surface area contributed by atoms with Crippen LogP contribution in [0.1, 0.15) is 31.6 Å². The van der Waals surface area contributed by atoms with Crippen LogP contribution in [0.4, 0.5) is 5.69 Å². The van der Waals surface area contributed by atoms with Gasteiger partial charge in [-0.2, -0.15) is 0 Å². The molecule has 0 bridgehead atoms. The summed E-state index contributed by atoms with van der Waals surface area (Å²) in [4.78, 5) is 17.2. The van der Waals surface area contributed by atoms with Crippen LogP contribution in [0.5, 0.6) is 0 Å². The fraction of sp³-hybridized carbons (Fsp3) is 0.529. The highest BCUT2D eigenvalue weighted by atomic mass is 35.5. The third-order valence-electron chi connectivity index (χ3n) is 5.24. The number of rotatable bonds is 2. The van der Waals surface area contributed by atoms with Crippen LogP contribution >= 0.6 is 24.8 Å². The minimum absolute atomic E-state index is 0. The van der Waals surface area contributed by atoms with E-state index in [-0.39, 0.29) is 36.1 Å². The minimum atomic E-state index is -0.229. The predicted octanol–water partition coefficient (Wildman–Crippen LogP) is 3.70. The second-order valence-corrected chi connectivity index (χ2v) is 6.60. The Kier molecular flexibility index (Phi) is 5.78. The molecule has 2 aliphatic rings. The monoisotopic (exact) mass is 371 g/mol. The molecule has 1 saturated carbocycles. The summed E-state index contributed by atoms with van der Waals surface area (Å²) in [6.45, 7) is 3.60. The summed E-state index contributed by atoms with van der Waals surface area (Å²) in [5.74, 6) is 1.27. The average molecular weight is 372 g/mol. The average Bonchev–Trinajstić information content (AvgIpc) is 3.09. The molecule has 0 unspecified atom stereocenters. The van der Waals surface area contributed by atoms with Gasteiger partial charge in [0.25, 0.3) is 0 Å². The molecule has 2 atom stereocenters. The Morgan fingerprint density at radius 3 is 3.04 bits per heavy atom. The highest BCUT2D eigenvalue weighted by Gasteiger charge is 2.49. The maximum atomic E-state index is 12.9. The quantitative estimate of drug-likeness (QED) is 0.844. The lowest BCUT2D eigenvalue weighted by atomic mass is 9.67.